The monoisotopic (exact) mass is 241 g/mol. The molecule has 2 heterocycles. The van der Waals surface area contributed by atoms with Crippen LogP contribution in [0.4, 0.5) is 0 Å². The first-order chi connectivity index (χ1) is 8.36. The number of hydrogen-bond donors (Lipinski definition) is 1. The van der Waals surface area contributed by atoms with Crippen LogP contribution in [-0.4, -0.2) is 11.3 Å². The number of hydrogen-bond acceptors (Lipinski definition) is 2. The van der Waals surface area contributed by atoms with Gasteiger partial charge in [0.25, 0.3) is 0 Å². The van der Waals surface area contributed by atoms with Gasteiger partial charge in [-0.25, -0.2) is 0 Å². The van der Waals surface area contributed by atoms with Gasteiger partial charge in [-0.05, 0) is 29.0 Å². The van der Waals surface area contributed by atoms with E-state index in [1.807, 2.05) is 24.3 Å². The maximum atomic E-state index is 10.7. The third kappa shape index (κ3) is 1.89. The maximum Gasteiger partial charge on any atom is 0.166 e. The lowest BCUT2D eigenvalue weighted by molar-refractivity contribution is 0.112. The Morgan fingerprint density at radius 1 is 1.24 bits per heavy atom. The fourth-order valence-corrected chi connectivity index (χ4v) is 2.96. The smallest absolute Gasteiger partial charge is 0.166 e. The number of aromatic amines is 1. The summed E-state index contributed by atoms with van der Waals surface area (Å²) >= 11 is 1.65. The van der Waals surface area contributed by atoms with Crippen LogP contribution in [0, 0.1) is 0 Å². The minimum absolute atomic E-state index is 0.654. The number of H-pyrrole nitrogens is 1. The minimum atomic E-state index is 0.654. The molecular formula is C14H11NOS. The maximum absolute atomic E-state index is 10.7. The molecule has 0 amide bonds. The molecule has 2 aromatic heterocycles. The first kappa shape index (κ1) is 10.3. The number of carbonyl (C=O) groups is 1. The predicted octanol–water partition coefficient (Wildman–Crippen LogP) is 3.63. The van der Waals surface area contributed by atoms with E-state index in [0.717, 1.165) is 17.5 Å². The van der Waals surface area contributed by atoms with Crippen molar-refractivity contribution in [3.63, 3.8) is 0 Å². The molecule has 0 aliphatic heterocycles. The standard InChI is InChI=1S/C14H11NOS/c16-8-12-7-13-11(9-17-14(13)15-12)6-10-4-2-1-3-5-10/h1-5,7-9,15H,6H2. The van der Waals surface area contributed by atoms with Gasteiger partial charge in [-0.2, -0.15) is 0 Å². The summed E-state index contributed by atoms with van der Waals surface area (Å²) < 4.78 is 0. The summed E-state index contributed by atoms with van der Waals surface area (Å²) in [6.07, 6.45) is 1.77. The summed E-state index contributed by atoms with van der Waals surface area (Å²) in [5, 5.41) is 3.32. The fourth-order valence-electron chi connectivity index (χ4n) is 2.00. The molecule has 0 unspecified atom stereocenters. The molecule has 0 aliphatic carbocycles. The van der Waals surface area contributed by atoms with Crippen molar-refractivity contribution in [1.82, 2.24) is 4.98 Å². The van der Waals surface area contributed by atoms with Crippen LogP contribution in [0.2, 0.25) is 0 Å². The number of aldehydes is 1. The fraction of sp³-hybridized carbons (Fsp3) is 0.0714. The number of nitrogens with one attached hydrogen (secondary N) is 1. The van der Waals surface area contributed by atoms with Gasteiger partial charge in [0.1, 0.15) is 4.83 Å². The van der Waals surface area contributed by atoms with Crippen molar-refractivity contribution in [2.24, 2.45) is 0 Å². The highest BCUT2D eigenvalue weighted by molar-refractivity contribution is 7.17. The topological polar surface area (TPSA) is 32.9 Å². The van der Waals surface area contributed by atoms with Crippen molar-refractivity contribution in [3.8, 4) is 0 Å². The van der Waals surface area contributed by atoms with Crippen molar-refractivity contribution in [2.45, 2.75) is 6.42 Å². The Kier molecular flexibility index (Phi) is 2.53. The summed E-state index contributed by atoms with van der Waals surface area (Å²) in [7, 11) is 0. The van der Waals surface area contributed by atoms with Crippen LogP contribution in [0.25, 0.3) is 10.2 Å². The molecule has 0 bridgehead atoms. The van der Waals surface area contributed by atoms with Crippen molar-refractivity contribution in [1.29, 1.82) is 0 Å². The summed E-state index contributed by atoms with van der Waals surface area (Å²) in [6, 6.07) is 12.3. The Labute approximate surface area is 103 Å². The zero-order valence-electron chi connectivity index (χ0n) is 9.14. The largest absolute Gasteiger partial charge is 0.344 e. The average Bonchev–Trinajstić information content (AvgIpc) is 2.92. The molecule has 2 nitrogen and oxygen atoms in total. The number of benzene rings is 1. The molecule has 0 aliphatic rings. The zero-order valence-corrected chi connectivity index (χ0v) is 9.96. The molecule has 3 aromatic rings. The zero-order chi connectivity index (χ0) is 11.7. The van der Waals surface area contributed by atoms with E-state index in [1.54, 1.807) is 11.3 Å². The Morgan fingerprint density at radius 2 is 2.06 bits per heavy atom. The van der Waals surface area contributed by atoms with Crippen LogP contribution < -0.4 is 0 Å². The second-order valence-corrected chi connectivity index (χ2v) is 4.89. The SMILES string of the molecule is O=Cc1cc2c(Cc3ccccc3)csc2[nH]1. The van der Waals surface area contributed by atoms with Crippen molar-refractivity contribution in [2.75, 3.05) is 0 Å². The molecule has 3 rings (SSSR count). The number of rotatable bonds is 3. The highest BCUT2D eigenvalue weighted by atomic mass is 32.1. The summed E-state index contributed by atoms with van der Waals surface area (Å²) in [6.45, 7) is 0. The van der Waals surface area contributed by atoms with Crippen molar-refractivity contribution in [3.05, 3.63) is 58.6 Å². The second kappa shape index (κ2) is 4.18. The summed E-state index contributed by atoms with van der Waals surface area (Å²) in [4.78, 5) is 14.9. The number of carbonyl (C=O) groups excluding carboxylic acids is 1. The van der Waals surface area contributed by atoms with Gasteiger partial charge in [-0.3, -0.25) is 4.79 Å². The van der Waals surface area contributed by atoms with Gasteiger partial charge in [0.05, 0.1) is 5.69 Å². The van der Waals surface area contributed by atoms with Gasteiger partial charge in [-0.15, -0.1) is 11.3 Å². The molecule has 0 saturated heterocycles. The third-order valence-electron chi connectivity index (χ3n) is 2.83. The molecule has 17 heavy (non-hydrogen) atoms. The van der Waals surface area contributed by atoms with Crippen LogP contribution in [-0.2, 0) is 6.42 Å². The lowest BCUT2D eigenvalue weighted by Crippen LogP contribution is -1.84. The van der Waals surface area contributed by atoms with Crippen LogP contribution in [0.3, 0.4) is 0 Å². The van der Waals surface area contributed by atoms with Gasteiger partial charge < -0.3 is 4.98 Å². The average molecular weight is 241 g/mol. The van der Waals surface area contributed by atoms with Crippen LogP contribution >= 0.6 is 11.3 Å². The quantitative estimate of drug-likeness (QED) is 0.698. The van der Waals surface area contributed by atoms with Crippen LogP contribution in [0.15, 0.2) is 41.8 Å². The highest BCUT2D eigenvalue weighted by Crippen LogP contribution is 2.27. The Bertz CT molecular complexity index is 651. The molecule has 0 spiro atoms. The van der Waals surface area contributed by atoms with E-state index in [2.05, 4.69) is 22.5 Å². The Hall–Kier alpha value is -1.87. The van der Waals surface area contributed by atoms with Gasteiger partial charge in [0.2, 0.25) is 0 Å². The molecule has 1 N–H and O–H groups in total. The summed E-state index contributed by atoms with van der Waals surface area (Å²) in [5.41, 5.74) is 3.22. The van der Waals surface area contributed by atoms with E-state index in [0.29, 0.717) is 5.69 Å². The van der Waals surface area contributed by atoms with Crippen molar-refractivity contribution < 1.29 is 4.79 Å². The van der Waals surface area contributed by atoms with E-state index in [1.165, 1.54) is 16.5 Å². The molecular weight excluding hydrogens is 230 g/mol. The number of thiophene rings is 1. The van der Waals surface area contributed by atoms with E-state index >= 15 is 0 Å². The molecule has 0 radical (unpaired) electrons. The van der Waals surface area contributed by atoms with Gasteiger partial charge >= 0.3 is 0 Å². The number of fused-ring (bicyclic) bond motifs is 1. The predicted molar refractivity (Wildman–Crippen MR) is 70.8 cm³/mol. The van der Waals surface area contributed by atoms with Crippen LogP contribution in [0.5, 0.6) is 0 Å². The van der Waals surface area contributed by atoms with E-state index in [-0.39, 0.29) is 0 Å². The van der Waals surface area contributed by atoms with Crippen molar-refractivity contribution >= 4 is 27.8 Å². The summed E-state index contributed by atoms with van der Waals surface area (Å²) in [5.74, 6) is 0. The Balaban J connectivity index is 2.00. The van der Waals surface area contributed by atoms with Gasteiger partial charge in [0.15, 0.2) is 6.29 Å². The van der Waals surface area contributed by atoms with E-state index in [4.69, 9.17) is 0 Å². The first-order valence-corrected chi connectivity index (χ1v) is 6.33. The van der Waals surface area contributed by atoms with E-state index in [9.17, 15) is 4.79 Å². The molecule has 0 saturated carbocycles. The first-order valence-electron chi connectivity index (χ1n) is 5.45. The van der Waals surface area contributed by atoms with Gasteiger partial charge in [-0.1, -0.05) is 30.3 Å². The number of aromatic nitrogens is 1. The van der Waals surface area contributed by atoms with Gasteiger partial charge in [0, 0.05) is 5.39 Å². The third-order valence-corrected chi connectivity index (χ3v) is 3.79. The second-order valence-electron chi connectivity index (χ2n) is 4.01. The Morgan fingerprint density at radius 3 is 2.82 bits per heavy atom. The van der Waals surface area contributed by atoms with E-state index < -0.39 is 0 Å². The molecule has 0 fully saturated rings. The lowest BCUT2D eigenvalue weighted by atomic mass is 10.1. The minimum Gasteiger partial charge on any atom is -0.344 e. The van der Waals surface area contributed by atoms with Crippen LogP contribution in [0.1, 0.15) is 21.6 Å². The lowest BCUT2D eigenvalue weighted by Gasteiger charge is -1.98. The molecule has 3 heteroatoms. The molecule has 0 atom stereocenters. The normalized spacial score (nSPS) is 10.8. The molecule has 1 aromatic carbocycles. The highest BCUT2D eigenvalue weighted by Gasteiger charge is 2.08. The molecule has 84 valence electrons.